The van der Waals surface area contributed by atoms with Gasteiger partial charge in [0.25, 0.3) is 11.3 Å². The summed E-state index contributed by atoms with van der Waals surface area (Å²) in [6, 6.07) is 24.5. The molecule has 0 radical (unpaired) electrons. The highest BCUT2D eigenvalue weighted by Crippen LogP contribution is 2.47. The normalized spacial score (nSPS) is 20.0. The van der Waals surface area contributed by atoms with Crippen molar-refractivity contribution in [1.82, 2.24) is 4.90 Å². The molecule has 1 fully saturated rings. The number of ether oxygens (including phenoxy) is 1. The number of hydrogen-bond donors (Lipinski definition) is 2. The van der Waals surface area contributed by atoms with Gasteiger partial charge in [-0.15, -0.1) is 0 Å². The SMILES string of the molecule is COS(=O)Nc1cccc(C(C)C2=C(O)C3(CCN(CC4c5ccccc5-c5ccccc54)CC3)OC2=O)c1. The van der Waals surface area contributed by atoms with Gasteiger partial charge in [0, 0.05) is 50.0 Å². The molecule has 2 aliphatic heterocycles. The molecule has 6 rings (SSSR count). The van der Waals surface area contributed by atoms with E-state index in [1.807, 2.05) is 19.1 Å². The van der Waals surface area contributed by atoms with Crippen LogP contribution in [0.3, 0.4) is 0 Å². The van der Waals surface area contributed by atoms with E-state index < -0.39 is 22.8 Å². The molecule has 8 heteroatoms. The zero-order valence-corrected chi connectivity index (χ0v) is 22.9. The molecule has 1 spiro atoms. The predicted molar refractivity (Wildman–Crippen MR) is 152 cm³/mol. The van der Waals surface area contributed by atoms with Crippen LogP contribution in [0.2, 0.25) is 0 Å². The topological polar surface area (TPSA) is 88.1 Å². The molecule has 2 unspecified atom stereocenters. The summed E-state index contributed by atoms with van der Waals surface area (Å²) in [5.74, 6) is -0.509. The number of anilines is 1. The maximum atomic E-state index is 13.1. The molecule has 202 valence electrons. The average Bonchev–Trinajstić information content (AvgIpc) is 3.40. The van der Waals surface area contributed by atoms with E-state index in [2.05, 4.69) is 58.2 Å². The Morgan fingerprint density at radius 1 is 1.05 bits per heavy atom. The number of piperidine rings is 1. The van der Waals surface area contributed by atoms with Gasteiger partial charge in [0.15, 0.2) is 5.60 Å². The lowest BCUT2D eigenvalue weighted by molar-refractivity contribution is -0.152. The van der Waals surface area contributed by atoms with Gasteiger partial charge >= 0.3 is 5.97 Å². The summed E-state index contributed by atoms with van der Waals surface area (Å²) in [4.78, 5) is 15.5. The minimum absolute atomic E-state index is 0.0510. The van der Waals surface area contributed by atoms with Crippen LogP contribution in [0.1, 0.15) is 48.3 Å². The number of esters is 1. The van der Waals surface area contributed by atoms with E-state index in [-0.39, 0.29) is 11.7 Å². The first kappa shape index (κ1) is 25.8. The monoisotopic (exact) mass is 544 g/mol. The molecule has 2 N–H and O–H groups in total. The fourth-order valence-electron chi connectivity index (χ4n) is 6.33. The second-order valence-electron chi connectivity index (χ2n) is 10.5. The number of carbonyl (C=O) groups excluding carboxylic acids is 1. The van der Waals surface area contributed by atoms with Gasteiger partial charge in [0.1, 0.15) is 5.76 Å². The summed E-state index contributed by atoms with van der Waals surface area (Å²) < 4.78 is 25.2. The lowest BCUT2D eigenvalue weighted by Crippen LogP contribution is -2.47. The molecule has 39 heavy (non-hydrogen) atoms. The molecular formula is C31H32N2O5S. The van der Waals surface area contributed by atoms with Crippen molar-refractivity contribution < 1.29 is 23.0 Å². The number of benzene rings is 3. The number of likely N-dealkylation sites (tertiary alicyclic amines) is 1. The summed E-state index contributed by atoms with van der Waals surface area (Å²) in [5.41, 5.74) is 6.06. The Labute approximate surface area is 231 Å². The summed E-state index contributed by atoms with van der Waals surface area (Å²) in [6.07, 6.45) is 1.09. The lowest BCUT2D eigenvalue weighted by atomic mass is 9.84. The van der Waals surface area contributed by atoms with Crippen LogP contribution >= 0.6 is 0 Å². The average molecular weight is 545 g/mol. The van der Waals surface area contributed by atoms with E-state index in [0.29, 0.717) is 30.0 Å². The third-order valence-corrected chi connectivity index (χ3v) is 9.14. The van der Waals surface area contributed by atoms with Crippen molar-refractivity contribution in [3.63, 3.8) is 0 Å². The highest BCUT2D eigenvalue weighted by Gasteiger charge is 2.51. The van der Waals surface area contributed by atoms with Gasteiger partial charge in [0.05, 0.1) is 12.7 Å². The Hall–Kier alpha value is -3.46. The van der Waals surface area contributed by atoms with Gasteiger partial charge in [-0.25, -0.2) is 9.00 Å². The number of hydrogen-bond acceptors (Lipinski definition) is 6. The van der Waals surface area contributed by atoms with Crippen molar-refractivity contribution in [1.29, 1.82) is 0 Å². The van der Waals surface area contributed by atoms with Gasteiger partial charge in [-0.2, -0.15) is 0 Å². The molecule has 0 aromatic heterocycles. The zero-order chi connectivity index (χ0) is 27.1. The number of nitrogens with one attached hydrogen (secondary N) is 1. The Morgan fingerprint density at radius 2 is 1.69 bits per heavy atom. The fourth-order valence-corrected chi connectivity index (χ4v) is 6.73. The van der Waals surface area contributed by atoms with E-state index in [1.165, 1.54) is 29.4 Å². The molecule has 0 amide bonds. The Balaban J connectivity index is 1.18. The Bertz CT molecular complexity index is 1430. The number of aliphatic hydroxyl groups is 1. The fraction of sp³-hybridized carbons (Fsp3) is 0.323. The van der Waals surface area contributed by atoms with Crippen LogP contribution < -0.4 is 4.72 Å². The van der Waals surface area contributed by atoms with Crippen molar-refractivity contribution in [3.05, 3.63) is 101 Å². The van der Waals surface area contributed by atoms with E-state index in [0.717, 1.165) is 25.2 Å². The highest BCUT2D eigenvalue weighted by atomic mass is 32.2. The third-order valence-electron chi connectivity index (χ3n) is 8.43. The van der Waals surface area contributed by atoms with Crippen LogP contribution in [-0.4, -0.2) is 52.5 Å². The van der Waals surface area contributed by atoms with Crippen LogP contribution in [0.25, 0.3) is 11.1 Å². The smallest absolute Gasteiger partial charge is 0.339 e. The first-order valence-corrected chi connectivity index (χ1v) is 14.4. The van der Waals surface area contributed by atoms with Gasteiger partial charge in [-0.05, 0) is 39.9 Å². The van der Waals surface area contributed by atoms with Crippen molar-refractivity contribution >= 4 is 22.9 Å². The van der Waals surface area contributed by atoms with E-state index >= 15 is 0 Å². The quantitative estimate of drug-likeness (QED) is 0.385. The van der Waals surface area contributed by atoms with Gasteiger partial charge < -0.3 is 14.7 Å². The molecule has 1 aliphatic carbocycles. The summed E-state index contributed by atoms with van der Waals surface area (Å²) in [6.45, 7) is 4.21. The van der Waals surface area contributed by atoms with E-state index in [1.54, 1.807) is 12.1 Å². The highest BCUT2D eigenvalue weighted by molar-refractivity contribution is 7.81. The standard InChI is InChI=1S/C31H32N2O5S/c1-20(21-8-7-9-22(18-21)32-39(36)37-2)28-29(34)31(38-30(28)35)14-16-33(17-15-31)19-27-25-12-5-3-10-23(25)24-11-4-6-13-26(24)27/h3-13,18,20,27,32,34H,14-17,19H2,1-2H3. The summed E-state index contributed by atoms with van der Waals surface area (Å²) in [7, 11) is 1.35. The molecule has 0 saturated carbocycles. The molecular weight excluding hydrogens is 512 g/mol. The van der Waals surface area contributed by atoms with Gasteiger partial charge in [-0.3, -0.25) is 8.91 Å². The van der Waals surface area contributed by atoms with Crippen molar-refractivity contribution in [2.45, 2.75) is 37.2 Å². The van der Waals surface area contributed by atoms with Crippen LogP contribution in [0.5, 0.6) is 0 Å². The Morgan fingerprint density at radius 3 is 2.33 bits per heavy atom. The first-order chi connectivity index (χ1) is 18.9. The first-order valence-electron chi connectivity index (χ1n) is 13.3. The van der Waals surface area contributed by atoms with Crippen LogP contribution in [0.4, 0.5) is 5.69 Å². The van der Waals surface area contributed by atoms with Crippen LogP contribution in [0.15, 0.2) is 84.1 Å². The predicted octanol–water partition coefficient (Wildman–Crippen LogP) is 5.44. The number of fused-ring (bicyclic) bond motifs is 3. The molecule has 0 bridgehead atoms. The number of carbonyl (C=O) groups is 1. The molecule has 2 atom stereocenters. The van der Waals surface area contributed by atoms with Crippen molar-refractivity contribution in [2.24, 2.45) is 0 Å². The lowest BCUT2D eigenvalue weighted by Gasteiger charge is -2.39. The number of aliphatic hydroxyl groups excluding tert-OH is 1. The minimum Gasteiger partial charge on any atom is -0.507 e. The minimum atomic E-state index is -1.66. The van der Waals surface area contributed by atoms with Gasteiger partial charge in [0.2, 0.25) is 0 Å². The third kappa shape index (κ3) is 4.56. The zero-order valence-electron chi connectivity index (χ0n) is 22.1. The molecule has 3 aromatic carbocycles. The molecule has 7 nitrogen and oxygen atoms in total. The summed E-state index contributed by atoms with van der Waals surface area (Å²) >= 11 is -1.66. The Kier molecular flexibility index (Phi) is 6.79. The largest absolute Gasteiger partial charge is 0.507 e. The maximum Gasteiger partial charge on any atom is 0.339 e. The second-order valence-corrected chi connectivity index (χ2v) is 11.5. The molecule has 2 heterocycles. The maximum absolute atomic E-state index is 13.1. The van der Waals surface area contributed by atoms with E-state index in [4.69, 9.17) is 8.92 Å². The second kappa shape index (κ2) is 10.3. The molecule has 3 aromatic rings. The molecule has 3 aliphatic rings. The van der Waals surface area contributed by atoms with Crippen LogP contribution in [0, 0.1) is 0 Å². The number of rotatable bonds is 7. The number of nitrogens with zero attached hydrogens (tertiary/aromatic N) is 1. The van der Waals surface area contributed by atoms with Gasteiger partial charge in [-0.1, -0.05) is 67.6 Å². The van der Waals surface area contributed by atoms with Crippen molar-refractivity contribution in [3.8, 4) is 11.1 Å². The molecule has 1 saturated heterocycles. The van der Waals surface area contributed by atoms with E-state index in [9.17, 15) is 14.1 Å². The van der Waals surface area contributed by atoms with Crippen molar-refractivity contribution in [2.75, 3.05) is 31.5 Å². The van der Waals surface area contributed by atoms with Crippen LogP contribution in [-0.2, 0) is 25.0 Å². The summed E-state index contributed by atoms with van der Waals surface area (Å²) in [5, 5.41) is 11.4.